The average molecular weight is 486 g/mol. The number of β-amino-alcohol motifs (C(OH)–C–C–N with tert-alkyl or cyclic N) is 1. The maximum Gasteiger partial charge on any atom is 0.161 e. The van der Waals surface area contributed by atoms with Gasteiger partial charge in [-0.15, -0.1) is 0 Å². The summed E-state index contributed by atoms with van der Waals surface area (Å²) < 4.78 is 32.1. The molecule has 0 saturated carbocycles. The molecule has 0 spiro atoms. The van der Waals surface area contributed by atoms with Crippen molar-refractivity contribution in [2.75, 3.05) is 33.4 Å². The number of rotatable bonds is 11. The Balaban J connectivity index is 1.32. The summed E-state index contributed by atoms with van der Waals surface area (Å²) in [6, 6.07) is 13.3. The molecule has 0 radical (unpaired) electrons. The minimum Gasteiger partial charge on any atom is -0.493 e. The van der Waals surface area contributed by atoms with Crippen molar-refractivity contribution in [3.05, 3.63) is 72.3 Å². The van der Waals surface area contributed by atoms with Crippen LogP contribution in [0, 0.1) is 5.82 Å². The molecule has 1 saturated heterocycles. The van der Waals surface area contributed by atoms with Crippen molar-refractivity contribution in [1.29, 1.82) is 0 Å². The molecule has 2 atom stereocenters. The third-order valence-corrected chi connectivity index (χ3v) is 6.12. The number of benzene rings is 2. The molecule has 1 aliphatic heterocycles. The van der Waals surface area contributed by atoms with Crippen LogP contribution in [0.3, 0.4) is 0 Å². The van der Waals surface area contributed by atoms with E-state index < -0.39 is 11.7 Å². The third-order valence-electron chi connectivity index (χ3n) is 6.12. The van der Waals surface area contributed by atoms with E-state index in [9.17, 15) is 14.6 Å². The van der Waals surface area contributed by atoms with Crippen LogP contribution in [0.4, 0.5) is 4.39 Å². The summed E-state index contributed by atoms with van der Waals surface area (Å²) >= 11 is 0. The quantitative estimate of drug-likeness (QED) is 0.404. The van der Waals surface area contributed by atoms with Crippen molar-refractivity contribution >= 4 is 0 Å². The van der Waals surface area contributed by atoms with Gasteiger partial charge in [0.25, 0.3) is 0 Å². The molecule has 2 heterocycles. The molecule has 0 bridgehead atoms. The minimum atomic E-state index is -1.44. The van der Waals surface area contributed by atoms with Crippen LogP contribution in [0.25, 0.3) is 0 Å². The van der Waals surface area contributed by atoms with Gasteiger partial charge in [-0.2, -0.15) is 5.10 Å². The van der Waals surface area contributed by atoms with Crippen LogP contribution in [0.15, 0.2) is 60.9 Å². The Morgan fingerprint density at radius 3 is 2.71 bits per heavy atom. The number of aryl methyl sites for hydroxylation is 1. The lowest BCUT2D eigenvalue weighted by molar-refractivity contribution is -0.140. The summed E-state index contributed by atoms with van der Waals surface area (Å²) in [7, 11) is 1.61. The number of methoxy groups -OCH3 is 1. The lowest BCUT2D eigenvalue weighted by Gasteiger charge is -2.42. The van der Waals surface area contributed by atoms with E-state index in [1.807, 2.05) is 35.1 Å². The van der Waals surface area contributed by atoms with Gasteiger partial charge >= 0.3 is 0 Å². The molecule has 2 N–H and O–H groups in total. The molecule has 1 aliphatic rings. The van der Waals surface area contributed by atoms with Gasteiger partial charge in [0.2, 0.25) is 0 Å². The van der Waals surface area contributed by atoms with Gasteiger partial charge in [-0.1, -0.05) is 6.07 Å². The second-order valence-electron chi connectivity index (χ2n) is 8.82. The smallest absolute Gasteiger partial charge is 0.161 e. The second-order valence-corrected chi connectivity index (χ2v) is 8.82. The number of aliphatic hydroxyl groups excluding tert-OH is 1. The van der Waals surface area contributed by atoms with Crippen LogP contribution in [0.1, 0.15) is 18.4 Å². The van der Waals surface area contributed by atoms with Crippen molar-refractivity contribution in [2.45, 2.75) is 37.6 Å². The summed E-state index contributed by atoms with van der Waals surface area (Å²) in [5.74, 6) is 1.40. The summed E-state index contributed by atoms with van der Waals surface area (Å²) in [6.45, 7) is 2.67. The van der Waals surface area contributed by atoms with Crippen LogP contribution in [-0.2, 0) is 13.1 Å². The predicted octanol–water partition coefficient (Wildman–Crippen LogP) is 2.88. The van der Waals surface area contributed by atoms with Crippen LogP contribution in [-0.4, -0.2) is 70.0 Å². The standard InChI is InChI=1S/C26H32FN3O5/c1-33-24-16-20(4-9-23(24)34-15-3-13-30-12-2-11-28-30)17-29-14-10-25(31)26(32,18-29)19-35-22-7-5-21(27)6-8-22/h2,4-9,11-12,16,25,31-32H,3,10,13-15,17-19H2,1H3/t25-,26-/m0/s1. The van der Waals surface area contributed by atoms with Gasteiger partial charge in [-0.25, -0.2) is 4.39 Å². The highest BCUT2D eigenvalue weighted by Gasteiger charge is 2.42. The molecule has 2 aromatic carbocycles. The Kier molecular flexibility index (Phi) is 8.22. The number of piperidine rings is 1. The van der Waals surface area contributed by atoms with Gasteiger partial charge in [0, 0.05) is 45.0 Å². The normalized spacial score (nSPS) is 20.5. The fraction of sp³-hybridized carbons (Fsp3) is 0.423. The maximum absolute atomic E-state index is 13.1. The molecular weight excluding hydrogens is 453 g/mol. The molecule has 4 rings (SSSR count). The van der Waals surface area contributed by atoms with Gasteiger partial charge in [0.1, 0.15) is 23.8 Å². The number of likely N-dealkylation sites (tertiary alicyclic amines) is 1. The monoisotopic (exact) mass is 485 g/mol. The summed E-state index contributed by atoms with van der Waals surface area (Å²) in [4.78, 5) is 2.07. The molecule has 188 valence electrons. The van der Waals surface area contributed by atoms with Gasteiger partial charge < -0.3 is 24.4 Å². The SMILES string of the molecule is COc1cc(CN2CC[C@H](O)[C@@](O)(COc3ccc(F)cc3)C2)ccc1OCCCn1cccn1. The first kappa shape index (κ1) is 25.0. The molecule has 0 amide bonds. The lowest BCUT2D eigenvalue weighted by Crippen LogP contribution is -2.59. The highest BCUT2D eigenvalue weighted by Crippen LogP contribution is 2.30. The number of hydrogen-bond donors (Lipinski definition) is 2. The van der Waals surface area contributed by atoms with Gasteiger partial charge in [-0.3, -0.25) is 9.58 Å². The molecule has 1 fully saturated rings. The van der Waals surface area contributed by atoms with E-state index in [1.165, 1.54) is 24.3 Å². The molecule has 9 heteroatoms. The van der Waals surface area contributed by atoms with Gasteiger partial charge in [-0.05, 0) is 54.4 Å². The van der Waals surface area contributed by atoms with E-state index >= 15 is 0 Å². The lowest BCUT2D eigenvalue weighted by atomic mass is 9.90. The zero-order valence-electron chi connectivity index (χ0n) is 19.8. The van der Waals surface area contributed by atoms with Crippen molar-refractivity contribution in [2.24, 2.45) is 0 Å². The first-order valence-electron chi connectivity index (χ1n) is 11.7. The van der Waals surface area contributed by atoms with E-state index in [2.05, 4.69) is 10.00 Å². The van der Waals surface area contributed by atoms with Crippen LogP contribution < -0.4 is 14.2 Å². The van der Waals surface area contributed by atoms with Gasteiger partial charge in [0.15, 0.2) is 11.5 Å². The van der Waals surface area contributed by atoms with Crippen molar-refractivity contribution in [3.8, 4) is 17.2 Å². The summed E-state index contributed by atoms with van der Waals surface area (Å²) in [5.41, 5.74) is -0.433. The van der Waals surface area contributed by atoms with Crippen LogP contribution in [0.5, 0.6) is 17.2 Å². The van der Waals surface area contributed by atoms with E-state index in [4.69, 9.17) is 14.2 Å². The predicted molar refractivity (Wildman–Crippen MR) is 128 cm³/mol. The summed E-state index contributed by atoms with van der Waals surface area (Å²) in [5, 5.41) is 25.7. The first-order chi connectivity index (χ1) is 16.9. The maximum atomic E-state index is 13.1. The molecule has 3 aromatic rings. The highest BCUT2D eigenvalue weighted by atomic mass is 19.1. The fourth-order valence-corrected chi connectivity index (χ4v) is 4.19. The number of nitrogens with zero attached hydrogens (tertiary/aromatic N) is 3. The molecule has 8 nitrogen and oxygen atoms in total. The van der Waals surface area contributed by atoms with E-state index in [-0.39, 0.29) is 19.0 Å². The molecule has 35 heavy (non-hydrogen) atoms. The number of aliphatic hydroxyl groups is 2. The largest absolute Gasteiger partial charge is 0.493 e. The van der Waals surface area contributed by atoms with E-state index in [0.29, 0.717) is 43.4 Å². The zero-order chi connectivity index (χ0) is 24.7. The van der Waals surface area contributed by atoms with Crippen LogP contribution >= 0.6 is 0 Å². The average Bonchev–Trinajstić information content (AvgIpc) is 3.38. The topological polar surface area (TPSA) is 89.2 Å². The number of ether oxygens (including phenoxy) is 3. The number of aromatic nitrogens is 2. The second kappa shape index (κ2) is 11.5. The molecule has 0 unspecified atom stereocenters. The highest BCUT2D eigenvalue weighted by molar-refractivity contribution is 5.43. The van der Waals surface area contributed by atoms with Crippen molar-refractivity contribution < 1.29 is 28.8 Å². The summed E-state index contributed by atoms with van der Waals surface area (Å²) in [6.07, 6.45) is 4.00. The van der Waals surface area contributed by atoms with E-state index in [1.54, 1.807) is 13.3 Å². The van der Waals surface area contributed by atoms with Crippen LogP contribution in [0.2, 0.25) is 0 Å². The molecule has 1 aromatic heterocycles. The van der Waals surface area contributed by atoms with Gasteiger partial charge in [0.05, 0.1) is 19.8 Å². The minimum absolute atomic E-state index is 0.0923. The number of halogens is 1. The molecule has 0 aliphatic carbocycles. The van der Waals surface area contributed by atoms with E-state index in [0.717, 1.165) is 18.5 Å². The Morgan fingerprint density at radius 2 is 1.97 bits per heavy atom. The fourth-order valence-electron chi connectivity index (χ4n) is 4.19. The van der Waals surface area contributed by atoms with Crippen molar-refractivity contribution in [3.63, 3.8) is 0 Å². The zero-order valence-corrected chi connectivity index (χ0v) is 19.8. The van der Waals surface area contributed by atoms with Crippen molar-refractivity contribution in [1.82, 2.24) is 14.7 Å². The Hall–Kier alpha value is -3.14. The third kappa shape index (κ3) is 6.72. The Labute approximate surface area is 204 Å². The first-order valence-corrected chi connectivity index (χ1v) is 11.7. The Bertz CT molecular complexity index is 1060. The Morgan fingerprint density at radius 1 is 1.14 bits per heavy atom. The number of hydrogen-bond acceptors (Lipinski definition) is 7. The molecular formula is C26H32FN3O5.